The van der Waals surface area contributed by atoms with Crippen LogP contribution in [0.4, 0.5) is 5.69 Å². The van der Waals surface area contributed by atoms with Gasteiger partial charge in [0.2, 0.25) is 0 Å². The fourth-order valence-electron chi connectivity index (χ4n) is 1.53. The molecule has 0 unspecified atom stereocenters. The molecular formula is C13H17BrN2S. The van der Waals surface area contributed by atoms with Crippen LogP contribution in [-0.4, -0.2) is 18.6 Å². The van der Waals surface area contributed by atoms with Crippen molar-refractivity contribution in [2.75, 3.05) is 23.9 Å². The molecule has 92 valence electrons. The Hall–Kier alpha value is -0.660. The zero-order valence-electron chi connectivity index (χ0n) is 10.0. The predicted molar refractivity (Wildman–Crippen MR) is 79.6 cm³/mol. The Balaban J connectivity index is 2.36. The third-order valence-electron chi connectivity index (χ3n) is 2.44. The first-order chi connectivity index (χ1) is 8.27. The molecule has 1 aromatic rings. The molecule has 0 saturated heterocycles. The van der Waals surface area contributed by atoms with Gasteiger partial charge >= 0.3 is 0 Å². The average molecular weight is 313 g/mol. The lowest BCUT2D eigenvalue weighted by atomic mass is 10.2. The molecule has 17 heavy (non-hydrogen) atoms. The Bertz CT molecular complexity index is 387. The van der Waals surface area contributed by atoms with E-state index in [1.807, 2.05) is 30.0 Å². The fourth-order valence-corrected chi connectivity index (χ4v) is 2.39. The normalized spacial score (nSPS) is 9.94. The lowest BCUT2D eigenvalue weighted by Gasteiger charge is -2.08. The van der Waals surface area contributed by atoms with E-state index in [4.69, 9.17) is 5.26 Å². The van der Waals surface area contributed by atoms with Crippen LogP contribution in [0.2, 0.25) is 0 Å². The van der Waals surface area contributed by atoms with E-state index in [-0.39, 0.29) is 0 Å². The number of anilines is 1. The van der Waals surface area contributed by atoms with Crippen LogP contribution in [0.1, 0.15) is 24.8 Å². The van der Waals surface area contributed by atoms with Crippen molar-refractivity contribution in [2.45, 2.75) is 19.3 Å². The standard InChI is InChI=1S/C13H17BrN2S/c1-17-8-4-2-3-7-16-13-9-12(14)6-5-11(13)10-15/h5-6,9,16H,2-4,7-8H2,1H3. The third-order valence-corrected chi connectivity index (χ3v) is 3.63. The first-order valence-electron chi connectivity index (χ1n) is 5.70. The van der Waals surface area contributed by atoms with E-state index in [1.165, 1.54) is 18.6 Å². The van der Waals surface area contributed by atoms with Crippen molar-refractivity contribution in [3.8, 4) is 6.07 Å². The Morgan fingerprint density at radius 3 is 2.88 bits per heavy atom. The van der Waals surface area contributed by atoms with Crippen LogP contribution < -0.4 is 5.32 Å². The molecule has 0 spiro atoms. The molecule has 0 bridgehead atoms. The van der Waals surface area contributed by atoms with Crippen LogP contribution in [0, 0.1) is 11.3 Å². The number of hydrogen-bond donors (Lipinski definition) is 1. The molecular weight excluding hydrogens is 296 g/mol. The summed E-state index contributed by atoms with van der Waals surface area (Å²) in [6.07, 6.45) is 5.80. The van der Waals surface area contributed by atoms with Crippen molar-refractivity contribution in [1.29, 1.82) is 5.26 Å². The molecule has 0 amide bonds. The number of benzene rings is 1. The Morgan fingerprint density at radius 1 is 1.35 bits per heavy atom. The van der Waals surface area contributed by atoms with Crippen molar-refractivity contribution in [2.24, 2.45) is 0 Å². The van der Waals surface area contributed by atoms with E-state index in [2.05, 4.69) is 33.6 Å². The second-order valence-corrected chi connectivity index (χ2v) is 5.68. The topological polar surface area (TPSA) is 35.8 Å². The fraction of sp³-hybridized carbons (Fsp3) is 0.462. The van der Waals surface area contributed by atoms with Gasteiger partial charge in [0.05, 0.1) is 11.3 Å². The second kappa shape index (κ2) is 8.43. The SMILES string of the molecule is CSCCCCCNc1cc(Br)ccc1C#N. The summed E-state index contributed by atoms with van der Waals surface area (Å²) in [6.45, 7) is 0.930. The molecule has 1 aromatic carbocycles. The van der Waals surface area contributed by atoms with Gasteiger partial charge in [0.1, 0.15) is 6.07 Å². The summed E-state index contributed by atoms with van der Waals surface area (Å²) in [5, 5.41) is 12.3. The number of unbranched alkanes of at least 4 members (excludes halogenated alkanes) is 2. The first-order valence-corrected chi connectivity index (χ1v) is 7.89. The third kappa shape index (κ3) is 5.47. The lowest BCUT2D eigenvalue weighted by Crippen LogP contribution is -2.03. The summed E-state index contributed by atoms with van der Waals surface area (Å²) >= 11 is 5.31. The number of hydrogen-bond acceptors (Lipinski definition) is 3. The highest BCUT2D eigenvalue weighted by Crippen LogP contribution is 2.20. The van der Waals surface area contributed by atoms with Gasteiger partial charge in [0.15, 0.2) is 0 Å². The number of nitrogens with one attached hydrogen (secondary N) is 1. The highest BCUT2D eigenvalue weighted by atomic mass is 79.9. The van der Waals surface area contributed by atoms with Gasteiger partial charge in [0.25, 0.3) is 0 Å². The Kier molecular flexibility index (Phi) is 7.14. The summed E-state index contributed by atoms with van der Waals surface area (Å²) in [4.78, 5) is 0. The highest BCUT2D eigenvalue weighted by Gasteiger charge is 2.01. The van der Waals surface area contributed by atoms with Crippen molar-refractivity contribution in [3.63, 3.8) is 0 Å². The van der Waals surface area contributed by atoms with E-state index in [0.717, 1.165) is 23.1 Å². The van der Waals surface area contributed by atoms with Crippen molar-refractivity contribution < 1.29 is 0 Å². The lowest BCUT2D eigenvalue weighted by molar-refractivity contribution is 0.749. The van der Waals surface area contributed by atoms with E-state index >= 15 is 0 Å². The molecule has 4 heteroatoms. The molecule has 1 N–H and O–H groups in total. The minimum atomic E-state index is 0.706. The summed E-state index contributed by atoms with van der Waals surface area (Å²) < 4.78 is 1.00. The predicted octanol–water partition coefficient (Wildman–Crippen LogP) is 4.27. The molecule has 0 heterocycles. The van der Waals surface area contributed by atoms with Gasteiger partial charge < -0.3 is 5.32 Å². The van der Waals surface area contributed by atoms with Crippen molar-refractivity contribution in [1.82, 2.24) is 0 Å². The Morgan fingerprint density at radius 2 is 2.18 bits per heavy atom. The molecule has 0 saturated carbocycles. The molecule has 0 fully saturated rings. The Labute approximate surface area is 116 Å². The van der Waals surface area contributed by atoms with E-state index in [0.29, 0.717) is 5.56 Å². The van der Waals surface area contributed by atoms with Crippen LogP contribution >= 0.6 is 27.7 Å². The molecule has 1 rings (SSSR count). The average Bonchev–Trinajstić information content (AvgIpc) is 2.34. The number of thioether (sulfide) groups is 1. The summed E-state index contributed by atoms with van der Waals surface area (Å²) in [5.74, 6) is 1.24. The van der Waals surface area contributed by atoms with Crippen LogP contribution in [0.15, 0.2) is 22.7 Å². The van der Waals surface area contributed by atoms with Crippen LogP contribution in [0.3, 0.4) is 0 Å². The minimum absolute atomic E-state index is 0.706. The zero-order valence-corrected chi connectivity index (χ0v) is 12.4. The van der Waals surface area contributed by atoms with Crippen molar-refractivity contribution in [3.05, 3.63) is 28.2 Å². The van der Waals surface area contributed by atoms with E-state index < -0.39 is 0 Å². The summed E-state index contributed by atoms with van der Waals surface area (Å²) in [5.41, 5.74) is 1.63. The molecule has 0 aliphatic heterocycles. The van der Waals surface area contributed by atoms with Crippen molar-refractivity contribution >= 4 is 33.4 Å². The number of halogens is 1. The molecule has 0 radical (unpaired) electrons. The molecule has 0 aliphatic carbocycles. The van der Waals surface area contributed by atoms with Gasteiger partial charge in [-0.3, -0.25) is 0 Å². The van der Waals surface area contributed by atoms with Crippen LogP contribution in [0.5, 0.6) is 0 Å². The van der Waals surface area contributed by atoms with Gasteiger partial charge in [0, 0.05) is 11.0 Å². The molecule has 0 atom stereocenters. The maximum Gasteiger partial charge on any atom is 0.101 e. The van der Waals surface area contributed by atoms with Gasteiger partial charge in [-0.15, -0.1) is 0 Å². The van der Waals surface area contributed by atoms with Gasteiger partial charge in [-0.1, -0.05) is 22.4 Å². The molecule has 2 nitrogen and oxygen atoms in total. The van der Waals surface area contributed by atoms with Gasteiger partial charge in [-0.05, 0) is 43.0 Å². The largest absolute Gasteiger partial charge is 0.384 e. The van der Waals surface area contributed by atoms with Gasteiger partial charge in [-0.25, -0.2) is 0 Å². The summed E-state index contributed by atoms with van der Waals surface area (Å²) in [7, 11) is 0. The molecule has 0 aromatic heterocycles. The van der Waals surface area contributed by atoms with Crippen LogP contribution in [-0.2, 0) is 0 Å². The highest BCUT2D eigenvalue weighted by molar-refractivity contribution is 9.10. The van der Waals surface area contributed by atoms with Gasteiger partial charge in [-0.2, -0.15) is 17.0 Å². The summed E-state index contributed by atoms with van der Waals surface area (Å²) in [6, 6.07) is 7.88. The minimum Gasteiger partial charge on any atom is -0.384 e. The number of rotatable bonds is 7. The van der Waals surface area contributed by atoms with E-state index in [1.54, 1.807) is 0 Å². The maximum absolute atomic E-state index is 8.97. The maximum atomic E-state index is 8.97. The number of nitriles is 1. The monoisotopic (exact) mass is 312 g/mol. The smallest absolute Gasteiger partial charge is 0.101 e. The zero-order chi connectivity index (χ0) is 12.5. The quantitative estimate of drug-likeness (QED) is 0.764. The second-order valence-electron chi connectivity index (χ2n) is 3.78. The van der Waals surface area contributed by atoms with Crippen LogP contribution in [0.25, 0.3) is 0 Å². The molecule has 0 aliphatic rings. The van der Waals surface area contributed by atoms with E-state index in [9.17, 15) is 0 Å². The first kappa shape index (κ1) is 14.4. The number of nitrogens with zero attached hydrogens (tertiary/aromatic N) is 1.